The van der Waals surface area contributed by atoms with Crippen LogP contribution >= 0.6 is 0 Å². The minimum Gasteiger partial charge on any atom is -0.388 e. The highest BCUT2D eigenvalue weighted by Crippen LogP contribution is 2.23. The van der Waals surface area contributed by atoms with Gasteiger partial charge in [-0.25, -0.2) is 0 Å². The molecule has 4 nitrogen and oxygen atoms in total. The lowest BCUT2D eigenvalue weighted by molar-refractivity contribution is -0.142. The Morgan fingerprint density at radius 2 is 1.89 bits per heavy atom. The summed E-state index contributed by atoms with van der Waals surface area (Å²) in [4.78, 5) is 14.0. The molecule has 0 aliphatic carbocycles. The van der Waals surface area contributed by atoms with Crippen molar-refractivity contribution in [2.75, 3.05) is 26.3 Å². The Morgan fingerprint density at radius 1 is 1.28 bits per heavy atom. The molecule has 0 bridgehead atoms. The third kappa shape index (κ3) is 2.89. The molecule has 2 rings (SSSR count). The molecule has 1 aliphatic heterocycles. The van der Waals surface area contributed by atoms with E-state index < -0.39 is 12.0 Å². The van der Waals surface area contributed by atoms with Crippen LogP contribution in [0.3, 0.4) is 0 Å². The van der Waals surface area contributed by atoms with Crippen molar-refractivity contribution in [3.05, 3.63) is 35.9 Å². The van der Waals surface area contributed by atoms with Crippen LogP contribution in [0.5, 0.6) is 0 Å². The van der Waals surface area contributed by atoms with Crippen LogP contribution in [-0.2, 0) is 9.53 Å². The maximum Gasteiger partial charge on any atom is 0.228 e. The van der Waals surface area contributed by atoms with Crippen LogP contribution in [0.4, 0.5) is 0 Å². The average Bonchev–Trinajstić information content (AvgIpc) is 2.47. The number of ether oxygens (including phenoxy) is 1. The molecule has 0 aromatic heterocycles. The van der Waals surface area contributed by atoms with E-state index in [1.165, 1.54) is 0 Å². The van der Waals surface area contributed by atoms with E-state index in [-0.39, 0.29) is 5.91 Å². The molecule has 1 N–H and O–H groups in total. The molecule has 4 heteroatoms. The Balaban J connectivity index is 2.01. The minimum atomic E-state index is -0.749. The fourth-order valence-corrected chi connectivity index (χ4v) is 2.15. The molecule has 1 aromatic rings. The maximum absolute atomic E-state index is 12.2. The zero-order valence-corrected chi connectivity index (χ0v) is 10.6. The molecular weight excluding hydrogens is 230 g/mol. The quantitative estimate of drug-likeness (QED) is 0.876. The van der Waals surface area contributed by atoms with Crippen molar-refractivity contribution in [1.29, 1.82) is 0 Å². The van der Waals surface area contributed by atoms with Crippen LogP contribution in [0.15, 0.2) is 30.3 Å². The summed E-state index contributed by atoms with van der Waals surface area (Å²) in [6.45, 7) is 4.17. The Kier molecular flexibility index (Phi) is 4.33. The standard InChI is InChI=1S/C14H19NO3/c1-11(13(16)12-5-3-2-4-6-12)14(17)15-7-9-18-10-8-15/h2-6,11,13,16H,7-10H2,1H3/t11-,13-/m1/s1. The molecule has 98 valence electrons. The molecule has 1 aromatic carbocycles. The maximum atomic E-state index is 12.2. The van der Waals surface area contributed by atoms with Gasteiger partial charge in [-0.15, -0.1) is 0 Å². The van der Waals surface area contributed by atoms with Gasteiger partial charge in [-0.2, -0.15) is 0 Å². The van der Waals surface area contributed by atoms with E-state index in [0.29, 0.717) is 26.3 Å². The molecule has 1 aliphatic rings. The van der Waals surface area contributed by atoms with Gasteiger partial charge in [-0.1, -0.05) is 37.3 Å². The topological polar surface area (TPSA) is 49.8 Å². The van der Waals surface area contributed by atoms with Crippen LogP contribution in [0.2, 0.25) is 0 Å². The van der Waals surface area contributed by atoms with Gasteiger partial charge in [-0.3, -0.25) is 4.79 Å². The molecule has 18 heavy (non-hydrogen) atoms. The number of aliphatic hydroxyl groups is 1. The minimum absolute atomic E-state index is 0.00495. The lowest BCUT2D eigenvalue weighted by Crippen LogP contribution is -2.44. The normalized spacial score (nSPS) is 19.3. The van der Waals surface area contributed by atoms with Crippen molar-refractivity contribution >= 4 is 5.91 Å². The summed E-state index contributed by atoms with van der Waals surface area (Å²) in [5.74, 6) is -0.430. The zero-order chi connectivity index (χ0) is 13.0. The summed E-state index contributed by atoms with van der Waals surface area (Å²) in [5, 5.41) is 10.2. The zero-order valence-electron chi connectivity index (χ0n) is 10.6. The van der Waals surface area contributed by atoms with Gasteiger partial charge in [0.2, 0.25) is 5.91 Å². The monoisotopic (exact) mass is 249 g/mol. The Morgan fingerprint density at radius 3 is 2.50 bits per heavy atom. The second kappa shape index (κ2) is 5.98. The highest BCUT2D eigenvalue weighted by atomic mass is 16.5. The van der Waals surface area contributed by atoms with Crippen molar-refractivity contribution in [2.24, 2.45) is 5.92 Å². The fraction of sp³-hybridized carbons (Fsp3) is 0.500. The predicted molar refractivity (Wildman–Crippen MR) is 68.0 cm³/mol. The number of hydrogen-bond acceptors (Lipinski definition) is 3. The number of carbonyl (C=O) groups is 1. The number of amides is 1. The van der Waals surface area contributed by atoms with Gasteiger partial charge >= 0.3 is 0 Å². The number of nitrogens with zero attached hydrogens (tertiary/aromatic N) is 1. The van der Waals surface area contributed by atoms with Crippen molar-refractivity contribution < 1.29 is 14.6 Å². The SMILES string of the molecule is C[C@@H](C(=O)N1CCOCC1)[C@@H](O)c1ccccc1. The van der Waals surface area contributed by atoms with Crippen LogP contribution in [-0.4, -0.2) is 42.2 Å². The molecule has 0 radical (unpaired) electrons. The number of hydrogen-bond donors (Lipinski definition) is 1. The lowest BCUT2D eigenvalue weighted by atomic mass is 9.96. The highest BCUT2D eigenvalue weighted by Gasteiger charge is 2.28. The first-order valence-electron chi connectivity index (χ1n) is 6.29. The van der Waals surface area contributed by atoms with Crippen LogP contribution in [0, 0.1) is 5.92 Å². The lowest BCUT2D eigenvalue weighted by Gasteiger charge is -2.30. The number of rotatable bonds is 3. The molecule has 1 amide bonds. The molecule has 0 spiro atoms. The number of morpholine rings is 1. The van der Waals surface area contributed by atoms with E-state index in [2.05, 4.69) is 0 Å². The van der Waals surface area contributed by atoms with Crippen LogP contribution < -0.4 is 0 Å². The van der Waals surface area contributed by atoms with E-state index in [0.717, 1.165) is 5.56 Å². The Labute approximate surface area is 107 Å². The van der Waals surface area contributed by atoms with Crippen LogP contribution in [0.25, 0.3) is 0 Å². The molecule has 1 saturated heterocycles. The van der Waals surface area contributed by atoms with E-state index in [1.54, 1.807) is 11.8 Å². The molecule has 0 saturated carbocycles. The van der Waals surface area contributed by atoms with E-state index in [1.807, 2.05) is 30.3 Å². The average molecular weight is 249 g/mol. The Hall–Kier alpha value is -1.39. The number of aliphatic hydroxyl groups excluding tert-OH is 1. The van der Waals surface area contributed by atoms with Crippen molar-refractivity contribution in [3.63, 3.8) is 0 Å². The predicted octanol–water partition coefficient (Wildman–Crippen LogP) is 1.21. The van der Waals surface area contributed by atoms with Crippen molar-refractivity contribution in [3.8, 4) is 0 Å². The molecule has 2 atom stereocenters. The smallest absolute Gasteiger partial charge is 0.228 e. The first-order chi connectivity index (χ1) is 8.70. The summed E-state index contributed by atoms with van der Waals surface area (Å²) >= 11 is 0. The van der Waals surface area contributed by atoms with E-state index in [4.69, 9.17) is 4.74 Å². The second-order valence-corrected chi connectivity index (χ2v) is 4.58. The first kappa shape index (κ1) is 13.1. The number of benzene rings is 1. The van der Waals surface area contributed by atoms with Gasteiger partial charge in [0.25, 0.3) is 0 Å². The Bertz CT molecular complexity index is 387. The summed E-state index contributed by atoms with van der Waals surface area (Å²) < 4.78 is 5.22. The van der Waals surface area contributed by atoms with E-state index in [9.17, 15) is 9.90 Å². The third-order valence-electron chi connectivity index (χ3n) is 3.33. The van der Waals surface area contributed by atoms with E-state index >= 15 is 0 Å². The fourth-order valence-electron chi connectivity index (χ4n) is 2.15. The molecule has 1 fully saturated rings. The molecule has 0 unspecified atom stereocenters. The highest BCUT2D eigenvalue weighted by molar-refractivity contribution is 5.79. The number of carbonyl (C=O) groups excluding carboxylic acids is 1. The largest absolute Gasteiger partial charge is 0.388 e. The third-order valence-corrected chi connectivity index (χ3v) is 3.33. The summed E-state index contributed by atoms with van der Waals surface area (Å²) in [6.07, 6.45) is -0.749. The van der Waals surface area contributed by atoms with Gasteiger partial charge < -0.3 is 14.7 Å². The van der Waals surface area contributed by atoms with Gasteiger partial charge in [0, 0.05) is 13.1 Å². The summed E-state index contributed by atoms with van der Waals surface area (Å²) in [6, 6.07) is 9.31. The molecule has 1 heterocycles. The van der Waals surface area contributed by atoms with Gasteiger partial charge in [-0.05, 0) is 5.56 Å². The van der Waals surface area contributed by atoms with Gasteiger partial charge in [0.15, 0.2) is 0 Å². The summed E-state index contributed by atoms with van der Waals surface area (Å²) in [5.41, 5.74) is 0.784. The molecular formula is C14H19NO3. The van der Waals surface area contributed by atoms with Crippen molar-refractivity contribution in [2.45, 2.75) is 13.0 Å². The second-order valence-electron chi connectivity index (χ2n) is 4.58. The van der Waals surface area contributed by atoms with Gasteiger partial charge in [0.1, 0.15) is 0 Å². The van der Waals surface area contributed by atoms with Crippen LogP contribution in [0.1, 0.15) is 18.6 Å². The summed E-state index contributed by atoms with van der Waals surface area (Å²) in [7, 11) is 0. The van der Waals surface area contributed by atoms with Gasteiger partial charge in [0.05, 0.1) is 25.2 Å². The van der Waals surface area contributed by atoms with Crippen molar-refractivity contribution in [1.82, 2.24) is 4.90 Å². The first-order valence-corrected chi connectivity index (χ1v) is 6.29.